The fourth-order valence-corrected chi connectivity index (χ4v) is 12.0. The largest absolute Gasteiger partial charge is 0.309 e. The molecule has 0 spiro atoms. The molecular weight excluding hydrogens is 857 g/mol. The van der Waals surface area contributed by atoms with Gasteiger partial charge in [-0.3, -0.25) is 0 Å². The van der Waals surface area contributed by atoms with Crippen molar-refractivity contribution in [3.63, 3.8) is 0 Å². The summed E-state index contributed by atoms with van der Waals surface area (Å²) in [7, 11) is 0. The van der Waals surface area contributed by atoms with E-state index in [1.54, 1.807) is 0 Å². The van der Waals surface area contributed by atoms with E-state index in [0.717, 1.165) is 33.9 Å². The molecule has 0 fully saturated rings. The first-order valence-electron chi connectivity index (χ1n) is 24.6. The van der Waals surface area contributed by atoms with Crippen molar-refractivity contribution in [1.82, 2.24) is 4.57 Å². The lowest BCUT2D eigenvalue weighted by Gasteiger charge is -2.34. The summed E-state index contributed by atoms with van der Waals surface area (Å²) in [6.07, 6.45) is 0. The zero-order valence-corrected chi connectivity index (χ0v) is 39.0. The smallest absolute Gasteiger partial charge is 0.0714 e. The van der Waals surface area contributed by atoms with E-state index < -0.39 is 5.41 Å². The topological polar surface area (TPSA) is 8.17 Å². The third-order valence-corrected chi connectivity index (χ3v) is 15.1. The predicted octanol–water partition coefficient (Wildman–Crippen LogP) is 18.3. The average molecular weight is 903 g/mol. The number of rotatable bonds is 8. The molecule has 71 heavy (non-hydrogen) atoms. The number of hydrogen-bond donors (Lipinski definition) is 0. The molecular formula is C69H46N2. The Bertz CT molecular complexity index is 4040. The molecule has 0 saturated heterocycles. The zero-order valence-electron chi connectivity index (χ0n) is 39.0. The highest BCUT2D eigenvalue weighted by molar-refractivity contribution is 6.11. The summed E-state index contributed by atoms with van der Waals surface area (Å²) in [6.45, 7) is 0. The Morgan fingerprint density at radius 1 is 0.282 bits per heavy atom. The van der Waals surface area contributed by atoms with Crippen molar-refractivity contribution >= 4 is 60.4 Å². The summed E-state index contributed by atoms with van der Waals surface area (Å²) < 4.78 is 2.48. The van der Waals surface area contributed by atoms with E-state index >= 15 is 0 Å². The van der Waals surface area contributed by atoms with Crippen LogP contribution in [0.3, 0.4) is 0 Å². The summed E-state index contributed by atoms with van der Waals surface area (Å²) in [4.78, 5) is 2.46. The minimum Gasteiger partial charge on any atom is -0.309 e. The molecule has 14 rings (SSSR count). The lowest BCUT2D eigenvalue weighted by atomic mass is 9.67. The maximum Gasteiger partial charge on any atom is 0.0714 e. The van der Waals surface area contributed by atoms with Gasteiger partial charge >= 0.3 is 0 Å². The molecule has 1 heterocycles. The second-order valence-electron chi connectivity index (χ2n) is 18.8. The molecule has 0 bridgehead atoms. The second-order valence-corrected chi connectivity index (χ2v) is 18.8. The van der Waals surface area contributed by atoms with Gasteiger partial charge < -0.3 is 9.47 Å². The van der Waals surface area contributed by atoms with Crippen molar-refractivity contribution in [3.05, 3.63) is 301 Å². The molecule has 1 aliphatic rings. The Morgan fingerprint density at radius 3 is 1.46 bits per heavy atom. The highest BCUT2D eigenvalue weighted by atomic mass is 15.1. The van der Waals surface area contributed by atoms with Crippen LogP contribution in [0.15, 0.2) is 279 Å². The quantitative estimate of drug-likeness (QED) is 0.147. The summed E-state index contributed by atoms with van der Waals surface area (Å²) in [6, 6.07) is 103. The lowest BCUT2D eigenvalue weighted by molar-refractivity contribution is 0.767. The number of aromatic nitrogens is 1. The van der Waals surface area contributed by atoms with Gasteiger partial charge in [-0.2, -0.15) is 0 Å². The molecule has 12 aromatic carbocycles. The summed E-state index contributed by atoms with van der Waals surface area (Å²) in [5, 5.41) is 7.31. The van der Waals surface area contributed by atoms with Crippen LogP contribution in [-0.4, -0.2) is 4.57 Å². The molecule has 0 N–H and O–H groups in total. The van der Waals surface area contributed by atoms with Crippen molar-refractivity contribution in [2.24, 2.45) is 0 Å². The molecule has 0 aliphatic heterocycles. The Balaban J connectivity index is 0.909. The molecule has 13 aromatic rings. The highest BCUT2D eigenvalue weighted by Gasteiger charge is 2.46. The van der Waals surface area contributed by atoms with Crippen LogP contribution in [-0.2, 0) is 5.41 Å². The number of hydrogen-bond acceptors (Lipinski definition) is 1. The van der Waals surface area contributed by atoms with Gasteiger partial charge in [0.1, 0.15) is 0 Å². The van der Waals surface area contributed by atoms with Crippen LogP contribution in [0.2, 0.25) is 0 Å². The lowest BCUT2D eigenvalue weighted by Crippen LogP contribution is -2.28. The summed E-state index contributed by atoms with van der Waals surface area (Å²) in [5.41, 5.74) is 18.8. The number of benzene rings is 12. The van der Waals surface area contributed by atoms with Gasteiger partial charge in [-0.25, -0.2) is 0 Å². The van der Waals surface area contributed by atoms with Gasteiger partial charge in [0.15, 0.2) is 0 Å². The molecule has 0 unspecified atom stereocenters. The van der Waals surface area contributed by atoms with E-state index in [1.165, 1.54) is 87.9 Å². The summed E-state index contributed by atoms with van der Waals surface area (Å²) in [5.74, 6) is 0. The predicted molar refractivity (Wildman–Crippen MR) is 299 cm³/mol. The first-order valence-corrected chi connectivity index (χ1v) is 24.6. The normalized spacial score (nSPS) is 12.6. The van der Waals surface area contributed by atoms with Crippen LogP contribution in [0, 0.1) is 0 Å². The molecule has 1 aromatic heterocycles. The van der Waals surface area contributed by atoms with Gasteiger partial charge in [0.2, 0.25) is 0 Å². The fraction of sp³-hybridized carbons (Fsp3) is 0.0145. The first-order chi connectivity index (χ1) is 35.2. The standard InChI is InChI=1S/C69H46N2/c1-3-23-52(24-4-1)69(53-25-5-2-6-26-53)62-32-14-11-30-58(62)59-44-42-54(46-63(59)69)70-67-34-16-13-31-60(67)61-43-41-51(45-68(61)70)47-37-39-50(40-38-47)57-29-12-15-33-64(57)71(65-35-17-21-48-19-7-9-27-55(48)65)66-36-18-22-49-20-8-10-28-56(49)66/h1-46H. The third kappa shape index (κ3) is 6.35. The van der Waals surface area contributed by atoms with Gasteiger partial charge in [-0.15, -0.1) is 0 Å². The maximum atomic E-state index is 2.48. The summed E-state index contributed by atoms with van der Waals surface area (Å²) >= 11 is 0. The molecule has 0 amide bonds. The van der Waals surface area contributed by atoms with Gasteiger partial charge in [0.25, 0.3) is 0 Å². The first kappa shape index (κ1) is 40.8. The number of para-hydroxylation sites is 2. The minimum absolute atomic E-state index is 0.491. The third-order valence-electron chi connectivity index (χ3n) is 15.1. The van der Waals surface area contributed by atoms with Crippen molar-refractivity contribution in [2.75, 3.05) is 4.90 Å². The van der Waals surface area contributed by atoms with E-state index in [9.17, 15) is 0 Å². The van der Waals surface area contributed by atoms with Crippen LogP contribution >= 0.6 is 0 Å². The molecule has 1 aliphatic carbocycles. The molecule has 2 heteroatoms. The second kappa shape index (κ2) is 16.5. The van der Waals surface area contributed by atoms with Crippen LogP contribution in [0.5, 0.6) is 0 Å². The van der Waals surface area contributed by atoms with E-state index in [0.29, 0.717) is 0 Å². The van der Waals surface area contributed by atoms with Gasteiger partial charge in [0.05, 0.1) is 33.5 Å². The Kier molecular flexibility index (Phi) is 9.47. The zero-order chi connectivity index (χ0) is 46.9. The van der Waals surface area contributed by atoms with Crippen molar-refractivity contribution < 1.29 is 0 Å². The highest BCUT2D eigenvalue weighted by Crippen LogP contribution is 2.57. The van der Waals surface area contributed by atoms with Crippen LogP contribution in [0.4, 0.5) is 17.1 Å². The Labute approximate surface area is 413 Å². The fourth-order valence-electron chi connectivity index (χ4n) is 12.0. The van der Waals surface area contributed by atoms with Crippen molar-refractivity contribution in [2.45, 2.75) is 5.41 Å². The monoisotopic (exact) mass is 902 g/mol. The van der Waals surface area contributed by atoms with Crippen LogP contribution in [0.25, 0.3) is 82.4 Å². The molecule has 0 atom stereocenters. The van der Waals surface area contributed by atoms with Crippen molar-refractivity contribution in [1.29, 1.82) is 0 Å². The van der Waals surface area contributed by atoms with Crippen LogP contribution < -0.4 is 4.90 Å². The number of fused-ring (bicyclic) bond motifs is 8. The van der Waals surface area contributed by atoms with E-state index in [1.807, 2.05) is 0 Å². The van der Waals surface area contributed by atoms with E-state index in [-0.39, 0.29) is 0 Å². The van der Waals surface area contributed by atoms with Gasteiger partial charge in [-0.1, -0.05) is 237 Å². The van der Waals surface area contributed by atoms with Crippen LogP contribution in [0.1, 0.15) is 22.3 Å². The number of nitrogens with zero attached hydrogens (tertiary/aromatic N) is 2. The van der Waals surface area contributed by atoms with E-state index in [2.05, 4.69) is 289 Å². The van der Waals surface area contributed by atoms with Gasteiger partial charge in [0, 0.05) is 32.8 Å². The van der Waals surface area contributed by atoms with E-state index in [4.69, 9.17) is 0 Å². The average Bonchev–Trinajstić information content (AvgIpc) is 3.94. The SMILES string of the molecule is c1ccc(C2(c3ccccc3)c3ccccc3-c3ccc(-n4c5ccccc5c5ccc(-c6ccc(-c7ccccc7N(c7cccc8ccccc78)c7cccc8ccccc78)cc6)cc54)cc32)cc1. The molecule has 2 nitrogen and oxygen atoms in total. The molecule has 332 valence electrons. The molecule has 0 radical (unpaired) electrons. The number of anilines is 3. The maximum absolute atomic E-state index is 2.48. The molecule has 0 saturated carbocycles. The van der Waals surface area contributed by atoms with Crippen molar-refractivity contribution in [3.8, 4) is 39.1 Å². The minimum atomic E-state index is -0.491. The van der Waals surface area contributed by atoms with Gasteiger partial charge in [-0.05, 0) is 103 Å². The Morgan fingerprint density at radius 2 is 0.775 bits per heavy atom. The Hall–Kier alpha value is -9.24.